The van der Waals surface area contributed by atoms with Crippen molar-refractivity contribution in [3.8, 4) is 0 Å². The fourth-order valence-corrected chi connectivity index (χ4v) is 0. The van der Waals surface area contributed by atoms with Gasteiger partial charge < -0.3 is 21.5 Å². The van der Waals surface area contributed by atoms with Gasteiger partial charge in [-0.3, -0.25) is 4.21 Å². The van der Waals surface area contributed by atoms with E-state index in [9.17, 15) is 8.76 Å². The Morgan fingerprint density at radius 2 is 1.86 bits per heavy atom. The Hall–Kier alpha value is 1.36. The fourth-order valence-electron chi connectivity index (χ4n) is 0. The van der Waals surface area contributed by atoms with Crippen molar-refractivity contribution in [1.29, 1.82) is 0 Å². The Bertz CT molecular complexity index is 51.0. The summed E-state index contributed by atoms with van der Waals surface area (Å²) in [6.07, 6.45) is 0. The van der Waals surface area contributed by atoms with Gasteiger partial charge in [-0.05, 0) is 0 Å². The molecular weight excluding hydrogens is 192 g/mol. The van der Waals surface area contributed by atoms with Gasteiger partial charge in [-0.2, -0.15) is 0 Å². The first-order valence-electron chi connectivity index (χ1n) is 1.33. The first-order chi connectivity index (χ1) is 2.27. The molecule has 0 aromatic rings. The number of hydrogen-bond donors (Lipinski definition) is 0. The van der Waals surface area contributed by atoms with Crippen LogP contribution >= 0.6 is 0 Å². The van der Waals surface area contributed by atoms with E-state index in [4.69, 9.17) is 0 Å². The van der Waals surface area contributed by atoms with Gasteiger partial charge >= 0.3 is 23.1 Å². The zero-order chi connectivity index (χ0) is 4.28. The SMILES string of the molecule is CCS(=O)[O-].[Br-].[Mg+2]. The molecule has 0 spiro atoms. The average molecular weight is 197 g/mol. The van der Waals surface area contributed by atoms with Gasteiger partial charge in [-0.1, -0.05) is 18.0 Å². The zero-order valence-corrected chi connectivity index (χ0v) is 7.83. The Kier molecular flexibility index (Phi) is 23.3. The fraction of sp³-hybridized carbons (Fsp3) is 1.00. The van der Waals surface area contributed by atoms with Crippen molar-refractivity contribution in [3.05, 3.63) is 0 Å². The van der Waals surface area contributed by atoms with Gasteiger partial charge in [0.2, 0.25) is 0 Å². The van der Waals surface area contributed by atoms with Crippen molar-refractivity contribution in [2.24, 2.45) is 0 Å². The normalized spacial score (nSPS) is 10.6. The molecule has 0 N–H and O–H groups in total. The third-order valence-corrected chi connectivity index (χ3v) is 0.707. The van der Waals surface area contributed by atoms with Crippen LogP contribution < -0.4 is 17.0 Å². The van der Waals surface area contributed by atoms with Crippen molar-refractivity contribution in [2.75, 3.05) is 5.75 Å². The van der Waals surface area contributed by atoms with Gasteiger partial charge in [0.1, 0.15) is 0 Å². The molecule has 2 nitrogen and oxygen atoms in total. The van der Waals surface area contributed by atoms with Crippen LogP contribution in [0.3, 0.4) is 0 Å². The third-order valence-electron chi connectivity index (χ3n) is 0.236. The van der Waals surface area contributed by atoms with Crippen molar-refractivity contribution in [2.45, 2.75) is 6.92 Å². The number of rotatable bonds is 1. The van der Waals surface area contributed by atoms with Crippen LogP contribution in [0.4, 0.5) is 0 Å². The van der Waals surface area contributed by atoms with E-state index >= 15 is 0 Å². The van der Waals surface area contributed by atoms with E-state index in [1.165, 1.54) is 0 Å². The predicted octanol–water partition coefficient (Wildman–Crippen LogP) is -3.49. The molecule has 0 aromatic carbocycles. The van der Waals surface area contributed by atoms with Crippen molar-refractivity contribution < 1.29 is 25.7 Å². The van der Waals surface area contributed by atoms with Gasteiger partial charge in [-0.25, -0.2) is 0 Å². The minimum absolute atomic E-state index is 0. The van der Waals surface area contributed by atoms with Gasteiger partial charge in [0.05, 0.1) is 0 Å². The van der Waals surface area contributed by atoms with E-state index in [1.807, 2.05) is 0 Å². The summed E-state index contributed by atoms with van der Waals surface area (Å²) < 4.78 is 18.7. The molecule has 1 atom stereocenters. The second-order valence-electron chi connectivity index (χ2n) is 0.592. The molecule has 1 unspecified atom stereocenters. The molecule has 0 amide bonds. The number of halogens is 1. The summed E-state index contributed by atoms with van der Waals surface area (Å²) in [5.41, 5.74) is 0. The van der Waals surface area contributed by atoms with Gasteiger partial charge in [0, 0.05) is 5.75 Å². The van der Waals surface area contributed by atoms with Crippen LogP contribution in [0.25, 0.3) is 0 Å². The van der Waals surface area contributed by atoms with Crippen molar-refractivity contribution in [1.82, 2.24) is 0 Å². The minimum Gasteiger partial charge on any atom is -1.00 e. The predicted molar refractivity (Wildman–Crippen MR) is 25.2 cm³/mol. The quantitative estimate of drug-likeness (QED) is 0.323. The Morgan fingerprint density at radius 3 is 1.86 bits per heavy atom. The van der Waals surface area contributed by atoms with E-state index in [-0.39, 0.29) is 45.8 Å². The summed E-state index contributed by atoms with van der Waals surface area (Å²) in [5.74, 6) is 0.222. The molecule has 0 aromatic heterocycles. The molecule has 40 valence electrons. The van der Waals surface area contributed by atoms with Crippen LogP contribution in [0.15, 0.2) is 0 Å². The summed E-state index contributed by atoms with van der Waals surface area (Å²) >= 11 is -1.82. The average Bonchev–Trinajstić information content (AvgIpc) is 1.38. The van der Waals surface area contributed by atoms with Gasteiger partial charge in [0.15, 0.2) is 0 Å². The monoisotopic (exact) mass is 196 g/mol. The van der Waals surface area contributed by atoms with E-state index in [2.05, 4.69) is 0 Å². The Morgan fingerprint density at radius 1 is 1.71 bits per heavy atom. The molecule has 0 aliphatic heterocycles. The van der Waals surface area contributed by atoms with Gasteiger partial charge in [-0.15, -0.1) is 0 Å². The van der Waals surface area contributed by atoms with Crippen molar-refractivity contribution >= 4 is 34.1 Å². The smallest absolute Gasteiger partial charge is 1.00 e. The largest absolute Gasteiger partial charge is 2.00 e. The summed E-state index contributed by atoms with van der Waals surface area (Å²) in [5, 5.41) is 0. The molecule has 7 heavy (non-hydrogen) atoms. The zero-order valence-electron chi connectivity index (χ0n) is 4.02. The first-order valence-corrected chi connectivity index (χ1v) is 2.57. The maximum atomic E-state index is 9.37. The standard InChI is InChI=1S/C2H6O2S.BrH.Mg/c1-2-5(3)4;;/h2H2,1H3,(H,3,4);1H;/q;;+2/p-2. The molecule has 0 heterocycles. The molecule has 0 radical (unpaired) electrons. The maximum Gasteiger partial charge on any atom is 2.00 e. The van der Waals surface area contributed by atoms with E-state index in [0.717, 1.165) is 0 Å². The second kappa shape index (κ2) is 10.4. The van der Waals surface area contributed by atoms with E-state index < -0.39 is 11.1 Å². The van der Waals surface area contributed by atoms with E-state index in [0.29, 0.717) is 0 Å². The van der Waals surface area contributed by atoms with Crippen LogP contribution in [-0.4, -0.2) is 37.6 Å². The molecular formula is C2H5BrMgO2S. The molecule has 0 aliphatic carbocycles. The molecule has 0 fully saturated rings. The first kappa shape index (κ1) is 15.8. The minimum atomic E-state index is -1.82. The summed E-state index contributed by atoms with van der Waals surface area (Å²) in [4.78, 5) is 0. The Balaban J connectivity index is -0.0000000800. The Labute approximate surface area is 72.3 Å². The molecule has 0 aliphatic rings. The summed E-state index contributed by atoms with van der Waals surface area (Å²) in [6.45, 7) is 1.59. The summed E-state index contributed by atoms with van der Waals surface area (Å²) in [6, 6.07) is 0. The second-order valence-corrected chi connectivity index (χ2v) is 1.78. The van der Waals surface area contributed by atoms with Crippen molar-refractivity contribution in [3.63, 3.8) is 0 Å². The van der Waals surface area contributed by atoms with Crippen LogP contribution in [0.1, 0.15) is 6.92 Å². The summed E-state index contributed by atoms with van der Waals surface area (Å²) in [7, 11) is 0. The van der Waals surface area contributed by atoms with Crippen LogP contribution in [0.5, 0.6) is 0 Å². The van der Waals surface area contributed by atoms with Crippen LogP contribution in [-0.2, 0) is 11.1 Å². The maximum absolute atomic E-state index is 9.37. The van der Waals surface area contributed by atoms with Gasteiger partial charge in [0.25, 0.3) is 0 Å². The molecule has 0 bridgehead atoms. The van der Waals surface area contributed by atoms with E-state index in [1.54, 1.807) is 6.92 Å². The molecule has 0 saturated heterocycles. The molecule has 0 saturated carbocycles. The molecule has 5 heteroatoms. The number of hydrogen-bond acceptors (Lipinski definition) is 2. The third kappa shape index (κ3) is 18.7. The van der Waals surface area contributed by atoms with Crippen LogP contribution in [0.2, 0.25) is 0 Å². The molecule has 0 rings (SSSR count). The topological polar surface area (TPSA) is 40.1 Å². The van der Waals surface area contributed by atoms with Crippen LogP contribution in [0, 0.1) is 0 Å².